The van der Waals surface area contributed by atoms with Crippen LogP contribution in [-0.2, 0) is 21.6 Å². The van der Waals surface area contributed by atoms with Crippen LogP contribution in [0.1, 0.15) is 42.4 Å². The lowest BCUT2D eigenvalue weighted by Gasteiger charge is -2.27. The summed E-state index contributed by atoms with van der Waals surface area (Å²) in [6.07, 6.45) is 3.16. The summed E-state index contributed by atoms with van der Waals surface area (Å²) >= 11 is 0. The first kappa shape index (κ1) is 16.2. The van der Waals surface area contributed by atoms with Crippen LogP contribution in [0, 0.1) is 17.1 Å². The van der Waals surface area contributed by atoms with E-state index in [9.17, 15) is 9.18 Å². The van der Waals surface area contributed by atoms with Crippen LogP contribution in [-0.4, -0.2) is 5.97 Å². The van der Waals surface area contributed by atoms with E-state index in [0.717, 1.165) is 12.8 Å². The summed E-state index contributed by atoms with van der Waals surface area (Å²) in [7, 11) is 0. The van der Waals surface area contributed by atoms with Gasteiger partial charge in [0.1, 0.15) is 12.4 Å². The van der Waals surface area contributed by atoms with Gasteiger partial charge in [0.15, 0.2) is 0 Å². The van der Waals surface area contributed by atoms with Crippen LogP contribution in [0.3, 0.4) is 0 Å². The van der Waals surface area contributed by atoms with Crippen LogP contribution < -0.4 is 0 Å². The molecule has 0 radical (unpaired) electrons. The van der Waals surface area contributed by atoms with Crippen molar-refractivity contribution in [3.05, 3.63) is 71.0 Å². The predicted molar refractivity (Wildman–Crippen MR) is 87.5 cm³/mol. The molecule has 1 saturated carbocycles. The Kier molecular flexibility index (Phi) is 4.61. The Balaban J connectivity index is 1.82. The lowest BCUT2D eigenvalue weighted by atomic mass is 9.79. The highest BCUT2D eigenvalue weighted by Crippen LogP contribution is 2.42. The molecule has 0 amide bonds. The van der Waals surface area contributed by atoms with Crippen LogP contribution in [0.15, 0.2) is 48.5 Å². The Bertz CT molecular complexity index is 788. The summed E-state index contributed by atoms with van der Waals surface area (Å²) in [4.78, 5) is 12.8. The highest BCUT2D eigenvalue weighted by molar-refractivity contribution is 5.83. The van der Waals surface area contributed by atoms with Crippen molar-refractivity contribution in [1.29, 1.82) is 5.26 Å². The van der Waals surface area contributed by atoms with Crippen molar-refractivity contribution in [3.63, 3.8) is 0 Å². The molecule has 0 aliphatic heterocycles. The fourth-order valence-electron chi connectivity index (χ4n) is 3.41. The van der Waals surface area contributed by atoms with E-state index in [4.69, 9.17) is 10.00 Å². The van der Waals surface area contributed by atoms with Gasteiger partial charge in [0.05, 0.1) is 17.0 Å². The average Bonchev–Trinajstić information content (AvgIpc) is 3.11. The van der Waals surface area contributed by atoms with Crippen LogP contribution >= 0.6 is 0 Å². The summed E-state index contributed by atoms with van der Waals surface area (Å²) in [5.74, 6) is -0.681. The summed E-state index contributed by atoms with van der Waals surface area (Å²) < 4.78 is 19.2. The molecule has 4 heteroatoms. The molecular weight excluding hydrogens is 305 g/mol. The lowest BCUT2D eigenvalue weighted by molar-refractivity contribution is -0.152. The molecule has 122 valence electrons. The van der Waals surface area contributed by atoms with E-state index in [1.165, 1.54) is 12.1 Å². The maximum absolute atomic E-state index is 13.6. The van der Waals surface area contributed by atoms with Crippen molar-refractivity contribution >= 4 is 5.97 Å². The first-order chi connectivity index (χ1) is 11.7. The Morgan fingerprint density at radius 3 is 2.62 bits per heavy atom. The van der Waals surface area contributed by atoms with E-state index < -0.39 is 5.41 Å². The summed E-state index contributed by atoms with van der Waals surface area (Å²) in [6, 6.07) is 15.4. The molecule has 0 N–H and O–H groups in total. The van der Waals surface area contributed by atoms with Crippen LogP contribution in [0.25, 0.3) is 0 Å². The molecule has 3 nitrogen and oxygen atoms in total. The molecule has 0 atom stereocenters. The zero-order valence-electron chi connectivity index (χ0n) is 13.3. The van der Waals surface area contributed by atoms with Gasteiger partial charge in [-0.25, -0.2) is 4.39 Å². The van der Waals surface area contributed by atoms with Crippen molar-refractivity contribution in [2.45, 2.75) is 37.7 Å². The molecule has 1 aliphatic carbocycles. The van der Waals surface area contributed by atoms with Gasteiger partial charge in [-0.3, -0.25) is 4.79 Å². The number of carbonyl (C=O) groups is 1. The minimum atomic E-state index is -0.774. The summed E-state index contributed by atoms with van der Waals surface area (Å²) in [6.45, 7) is 0.0552. The first-order valence-corrected chi connectivity index (χ1v) is 8.07. The Labute approximate surface area is 140 Å². The van der Waals surface area contributed by atoms with Gasteiger partial charge in [0.2, 0.25) is 0 Å². The molecule has 1 fully saturated rings. The number of hydrogen-bond donors (Lipinski definition) is 0. The molecule has 2 aromatic carbocycles. The van der Waals surface area contributed by atoms with E-state index >= 15 is 0 Å². The van der Waals surface area contributed by atoms with Crippen LogP contribution in [0.5, 0.6) is 0 Å². The Morgan fingerprint density at radius 1 is 1.17 bits per heavy atom. The molecule has 24 heavy (non-hydrogen) atoms. The number of nitriles is 1. The number of halogens is 1. The largest absolute Gasteiger partial charge is 0.460 e. The van der Waals surface area contributed by atoms with Crippen molar-refractivity contribution in [2.75, 3.05) is 0 Å². The molecule has 0 bridgehead atoms. The number of esters is 1. The standard InChI is InChI=1S/C20H18FNO2/c21-18-9-5-8-17(12-18)20(10-3-4-11-20)19(23)24-14-16-7-2-1-6-15(16)13-22/h1-2,5-9,12H,3-4,10-11,14H2. The Hall–Kier alpha value is -2.67. The predicted octanol–water partition coefficient (Wildman–Crippen LogP) is 4.25. The SMILES string of the molecule is N#Cc1ccccc1COC(=O)C1(c2cccc(F)c2)CCCC1. The van der Waals surface area contributed by atoms with E-state index in [2.05, 4.69) is 6.07 Å². The van der Waals surface area contributed by atoms with E-state index in [-0.39, 0.29) is 18.4 Å². The minimum Gasteiger partial charge on any atom is -0.460 e. The quantitative estimate of drug-likeness (QED) is 0.790. The van der Waals surface area contributed by atoms with Crippen molar-refractivity contribution < 1.29 is 13.9 Å². The lowest BCUT2D eigenvalue weighted by Crippen LogP contribution is -2.34. The molecule has 2 aromatic rings. The number of carbonyl (C=O) groups excluding carboxylic acids is 1. The smallest absolute Gasteiger partial charge is 0.316 e. The van der Waals surface area contributed by atoms with E-state index in [1.807, 2.05) is 6.07 Å². The molecule has 0 spiro atoms. The van der Waals surface area contributed by atoms with Crippen molar-refractivity contribution in [2.24, 2.45) is 0 Å². The molecule has 0 saturated heterocycles. The van der Waals surface area contributed by atoms with Gasteiger partial charge in [-0.15, -0.1) is 0 Å². The molecule has 0 heterocycles. The zero-order valence-corrected chi connectivity index (χ0v) is 13.3. The highest BCUT2D eigenvalue weighted by Gasteiger charge is 2.44. The third-order valence-electron chi connectivity index (χ3n) is 4.72. The zero-order chi connectivity index (χ0) is 17.0. The normalized spacial score (nSPS) is 15.7. The fourth-order valence-corrected chi connectivity index (χ4v) is 3.41. The van der Waals surface area contributed by atoms with E-state index in [1.54, 1.807) is 30.3 Å². The van der Waals surface area contributed by atoms with Crippen molar-refractivity contribution in [3.8, 4) is 6.07 Å². The second kappa shape index (κ2) is 6.84. The third-order valence-corrected chi connectivity index (χ3v) is 4.72. The second-order valence-electron chi connectivity index (χ2n) is 6.14. The maximum atomic E-state index is 13.6. The Morgan fingerprint density at radius 2 is 1.92 bits per heavy atom. The van der Waals surface area contributed by atoms with Gasteiger partial charge < -0.3 is 4.74 Å². The first-order valence-electron chi connectivity index (χ1n) is 8.07. The van der Waals surface area contributed by atoms with Crippen LogP contribution in [0.4, 0.5) is 4.39 Å². The third kappa shape index (κ3) is 3.03. The van der Waals surface area contributed by atoms with Gasteiger partial charge in [0, 0.05) is 5.56 Å². The van der Waals surface area contributed by atoms with Gasteiger partial charge in [-0.1, -0.05) is 43.2 Å². The molecule has 3 rings (SSSR count). The van der Waals surface area contributed by atoms with Gasteiger partial charge in [0.25, 0.3) is 0 Å². The van der Waals surface area contributed by atoms with Gasteiger partial charge in [-0.2, -0.15) is 5.26 Å². The number of rotatable bonds is 4. The van der Waals surface area contributed by atoms with Crippen molar-refractivity contribution in [1.82, 2.24) is 0 Å². The topological polar surface area (TPSA) is 50.1 Å². The van der Waals surface area contributed by atoms with E-state index in [0.29, 0.717) is 29.5 Å². The summed E-state index contributed by atoms with van der Waals surface area (Å²) in [5, 5.41) is 9.12. The highest BCUT2D eigenvalue weighted by atomic mass is 19.1. The minimum absolute atomic E-state index is 0.0552. The monoisotopic (exact) mass is 323 g/mol. The fraction of sp³-hybridized carbons (Fsp3) is 0.300. The molecular formula is C20H18FNO2. The molecule has 1 aliphatic rings. The maximum Gasteiger partial charge on any atom is 0.316 e. The van der Waals surface area contributed by atoms with Gasteiger partial charge in [-0.05, 0) is 36.6 Å². The van der Waals surface area contributed by atoms with Gasteiger partial charge >= 0.3 is 5.97 Å². The number of ether oxygens (including phenoxy) is 1. The molecule has 0 aromatic heterocycles. The number of nitrogens with zero attached hydrogens (tertiary/aromatic N) is 1. The number of benzene rings is 2. The average molecular weight is 323 g/mol. The summed E-state index contributed by atoms with van der Waals surface area (Å²) in [5.41, 5.74) is 1.08. The molecule has 0 unspecified atom stereocenters. The number of hydrogen-bond acceptors (Lipinski definition) is 3. The second-order valence-corrected chi connectivity index (χ2v) is 6.14. The van der Waals surface area contributed by atoms with Crippen LogP contribution in [0.2, 0.25) is 0 Å².